The number of fused-ring (bicyclic) bond motifs is 1. The van der Waals surface area contributed by atoms with Gasteiger partial charge in [-0.2, -0.15) is 4.98 Å². The quantitative estimate of drug-likeness (QED) is 0.600. The Kier molecular flexibility index (Phi) is 5.72. The maximum atomic E-state index is 13.8. The first-order valence-electron chi connectivity index (χ1n) is 9.41. The van der Waals surface area contributed by atoms with E-state index in [2.05, 4.69) is 4.98 Å². The number of halogens is 2. The van der Waals surface area contributed by atoms with Gasteiger partial charge in [0.05, 0.1) is 18.9 Å². The van der Waals surface area contributed by atoms with Crippen LogP contribution in [-0.4, -0.2) is 49.2 Å². The highest BCUT2D eigenvalue weighted by Crippen LogP contribution is 2.32. The lowest BCUT2D eigenvalue weighted by Gasteiger charge is -2.31. The summed E-state index contributed by atoms with van der Waals surface area (Å²) in [6.45, 7) is 1.02. The predicted molar refractivity (Wildman–Crippen MR) is 109 cm³/mol. The number of piperidine rings is 1. The lowest BCUT2D eigenvalue weighted by atomic mass is 10.1. The summed E-state index contributed by atoms with van der Waals surface area (Å²) in [5.74, 6) is -0.351. The molecule has 0 atom stereocenters. The molecule has 0 spiro atoms. The van der Waals surface area contributed by atoms with Gasteiger partial charge < -0.3 is 19.1 Å². The van der Waals surface area contributed by atoms with E-state index in [-0.39, 0.29) is 17.5 Å². The SMILES string of the molecule is COc1cc(OC)cc(C(=O)N2CCC(Oc3nc4c(F)cc(F)cc4s3)CC2)c1. The molecule has 0 aliphatic carbocycles. The monoisotopic (exact) mass is 434 g/mol. The number of thiazole rings is 1. The average Bonchev–Trinajstić information content (AvgIpc) is 3.16. The number of likely N-dealkylation sites (tertiary alicyclic amines) is 1. The number of ether oxygens (including phenoxy) is 3. The van der Waals surface area contributed by atoms with E-state index in [1.165, 1.54) is 20.3 Å². The number of rotatable bonds is 5. The number of benzene rings is 2. The summed E-state index contributed by atoms with van der Waals surface area (Å²) in [5, 5.41) is 0.303. The van der Waals surface area contributed by atoms with Crippen molar-refractivity contribution < 1.29 is 27.8 Å². The lowest BCUT2D eigenvalue weighted by Crippen LogP contribution is -2.41. The number of methoxy groups -OCH3 is 2. The molecule has 1 aliphatic rings. The van der Waals surface area contributed by atoms with Crippen molar-refractivity contribution >= 4 is 27.5 Å². The van der Waals surface area contributed by atoms with E-state index < -0.39 is 11.6 Å². The highest BCUT2D eigenvalue weighted by atomic mass is 32.1. The average molecular weight is 434 g/mol. The molecule has 1 aliphatic heterocycles. The lowest BCUT2D eigenvalue weighted by molar-refractivity contribution is 0.0595. The van der Waals surface area contributed by atoms with Crippen LogP contribution in [0.2, 0.25) is 0 Å². The second-order valence-corrected chi connectivity index (χ2v) is 7.92. The fourth-order valence-electron chi connectivity index (χ4n) is 3.42. The van der Waals surface area contributed by atoms with Gasteiger partial charge in [-0.25, -0.2) is 8.78 Å². The largest absolute Gasteiger partial charge is 0.497 e. The number of hydrogen-bond donors (Lipinski definition) is 0. The summed E-state index contributed by atoms with van der Waals surface area (Å²) >= 11 is 1.11. The first kappa shape index (κ1) is 20.3. The van der Waals surface area contributed by atoms with E-state index in [0.717, 1.165) is 17.4 Å². The molecule has 1 fully saturated rings. The normalized spacial score (nSPS) is 14.7. The highest BCUT2D eigenvalue weighted by Gasteiger charge is 2.26. The van der Waals surface area contributed by atoms with Crippen LogP contribution in [0.15, 0.2) is 30.3 Å². The molecule has 0 saturated carbocycles. The van der Waals surface area contributed by atoms with Gasteiger partial charge in [0.25, 0.3) is 11.1 Å². The summed E-state index contributed by atoms with van der Waals surface area (Å²) in [5.41, 5.74) is 0.602. The van der Waals surface area contributed by atoms with Crippen molar-refractivity contribution in [3.05, 3.63) is 47.5 Å². The van der Waals surface area contributed by atoms with Crippen LogP contribution in [0.4, 0.5) is 8.78 Å². The first-order chi connectivity index (χ1) is 14.5. The minimum Gasteiger partial charge on any atom is -0.497 e. The number of hydrogen-bond acceptors (Lipinski definition) is 6. The van der Waals surface area contributed by atoms with Crippen molar-refractivity contribution in [2.75, 3.05) is 27.3 Å². The predicted octanol–water partition coefficient (Wildman–Crippen LogP) is 4.28. The van der Waals surface area contributed by atoms with Crippen LogP contribution < -0.4 is 14.2 Å². The minimum atomic E-state index is -0.703. The zero-order valence-corrected chi connectivity index (χ0v) is 17.3. The third-order valence-corrected chi connectivity index (χ3v) is 5.88. The summed E-state index contributed by atoms with van der Waals surface area (Å²) in [4.78, 5) is 18.8. The summed E-state index contributed by atoms with van der Waals surface area (Å²) in [6.07, 6.45) is 1.07. The van der Waals surface area contributed by atoms with E-state index >= 15 is 0 Å². The zero-order chi connectivity index (χ0) is 21.3. The molecule has 1 amide bonds. The van der Waals surface area contributed by atoms with Crippen LogP contribution in [0, 0.1) is 11.6 Å². The van der Waals surface area contributed by atoms with Crippen LogP contribution in [0.1, 0.15) is 23.2 Å². The maximum Gasteiger partial charge on any atom is 0.274 e. The van der Waals surface area contributed by atoms with E-state index in [4.69, 9.17) is 14.2 Å². The van der Waals surface area contributed by atoms with Gasteiger partial charge in [-0.3, -0.25) is 4.79 Å². The molecule has 0 unspecified atom stereocenters. The van der Waals surface area contributed by atoms with Gasteiger partial charge >= 0.3 is 0 Å². The molecule has 0 radical (unpaired) electrons. The molecule has 0 N–H and O–H groups in total. The number of nitrogens with zero attached hydrogens (tertiary/aromatic N) is 2. The zero-order valence-electron chi connectivity index (χ0n) is 16.5. The summed E-state index contributed by atoms with van der Waals surface area (Å²) in [6, 6.07) is 7.13. The molecule has 158 valence electrons. The standard InChI is InChI=1S/C21H20F2N2O4S/c1-27-15-7-12(8-16(11-15)28-2)20(26)25-5-3-14(4-6-25)29-21-24-19-17(23)9-13(22)10-18(19)30-21/h7-11,14H,3-6H2,1-2H3. The van der Waals surface area contributed by atoms with Gasteiger partial charge in [0.1, 0.15) is 28.9 Å². The smallest absolute Gasteiger partial charge is 0.274 e. The van der Waals surface area contributed by atoms with E-state index in [1.807, 2.05) is 0 Å². The van der Waals surface area contributed by atoms with E-state index in [0.29, 0.717) is 52.9 Å². The third kappa shape index (κ3) is 4.16. The van der Waals surface area contributed by atoms with Crippen molar-refractivity contribution in [1.82, 2.24) is 9.88 Å². The molecule has 2 heterocycles. The Morgan fingerprint density at radius 3 is 2.37 bits per heavy atom. The van der Waals surface area contributed by atoms with Crippen molar-refractivity contribution in [3.63, 3.8) is 0 Å². The Bertz CT molecular complexity index is 1060. The van der Waals surface area contributed by atoms with Gasteiger partial charge in [0.2, 0.25) is 0 Å². The Morgan fingerprint density at radius 1 is 1.07 bits per heavy atom. The van der Waals surface area contributed by atoms with Gasteiger partial charge in [-0.15, -0.1) is 0 Å². The highest BCUT2D eigenvalue weighted by molar-refractivity contribution is 7.20. The number of carbonyl (C=O) groups excluding carboxylic acids is 1. The van der Waals surface area contributed by atoms with Gasteiger partial charge in [0.15, 0.2) is 5.82 Å². The molecule has 2 aromatic carbocycles. The molecule has 0 bridgehead atoms. The minimum absolute atomic E-state index is 0.107. The van der Waals surface area contributed by atoms with Gasteiger partial charge in [0, 0.05) is 43.6 Å². The van der Waals surface area contributed by atoms with Crippen molar-refractivity contribution in [2.45, 2.75) is 18.9 Å². The molecule has 4 rings (SSSR count). The second kappa shape index (κ2) is 8.43. The number of carbonyl (C=O) groups is 1. The Balaban J connectivity index is 1.40. The third-order valence-electron chi connectivity index (χ3n) is 4.99. The van der Waals surface area contributed by atoms with Crippen molar-refractivity contribution in [1.29, 1.82) is 0 Å². The van der Waals surface area contributed by atoms with Crippen molar-refractivity contribution in [3.8, 4) is 16.7 Å². The molecule has 30 heavy (non-hydrogen) atoms. The molecular weight excluding hydrogens is 414 g/mol. The summed E-state index contributed by atoms with van der Waals surface area (Å²) in [7, 11) is 3.07. The van der Waals surface area contributed by atoms with E-state index in [9.17, 15) is 13.6 Å². The Hall–Kier alpha value is -2.94. The fourth-order valence-corrected chi connectivity index (χ4v) is 4.34. The molecule has 3 aromatic rings. The molecular formula is C21H20F2N2O4S. The Morgan fingerprint density at radius 2 is 1.73 bits per heavy atom. The summed E-state index contributed by atoms with van der Waals surface area (Å²) < 4.78 is 44.0. The second-order valence-electron chi connectivity index (χ2n) is 6.92. The maximum absolute atomic E-state index is 13.8. The van der Waals surface area contributed by atoms with Crippen LogP contribution >= 0.6 is 11.3 Å². The number of amides is 1. The molecule has 6 nitrogen and oxygen atoms in total. The molecule has 1 saturated heterocycles. The van der Waals surface area contributed by atoms with Crippen LogP contribution in [0.25, 0.3) is 10.2 Å². The Labute approximate surface area is 176 Å². The van der Waals surface area contributed by atoms with Gasteiger partial charge in [-0.1, -0.05) is 11.3 Å². The van der Waals surface area contributed by atoms with Crippen LogP contribution in [0.3, 0.4) is 0 Å². The fraction of sp³-hybridized carbons (Fsp3) is 0.333. The first-order valence-corrected chi connectivity index (χ1v) is 10.2. The van der Waals surface area contributed by atoms with Crippen LogP contribution in [0.5, 0.6) is 16.7 Å². The van der Waals surface area contributed by atoms with E-state index in [1.54, 1.807) is 23.1 Å². The molecule has 1 aromatic heterocycles. The topological polar surface area (TPSA) is 60.9 Å². The number of aromatic nitrogens is 1. The molecule has 9 heteroatoms. The van der Waals surface area contributed by atoms with Gasteiger partial charge in [-0.05, 0) is 18.2 Å². The van der Waals surface area contributed by atoms with Crippen LogP contribution in [-0.2, 0) is 0 Å². The van der Waals surface area contributed by atoms with Crippen molar-refractivity contribution in [2.24, 2.45) is 0 Å².